The Kier molecular flexibility index (Phi) is 6.33. The van der Waals surface area contributed by atoms with E-state index in [1.807, 2.05) is 12.1 Å². The average molecular weight is 356 g/mol. The van der Waals surface area contributed by atoms with Crippen molar-refractivity contribution in [1.82, 2.24) is 10.1 Å². The van der Waals surface area contributed by atoms with E-state index in [2.05, 4.69) is 22.3 Å². The number of methoxy groups -OCH3 is 1. The van der Waals surface area contributed by atoms with Gasteiger partial charge in [-0.2, -0.15) is 4.98 Å². The molecule has 0 saturated heterocycles. The number of ether oxygens (including phenoxy) is 1. The smallest absolute Gasteiger partial charge is 0.227 e. The Hall–Kier alpha value is -1.24. The van der Waals surface area contributed by atoms with Crippen LogP contribution in [0.15, 0.2) is 33.7 Å². The molecule has 1 aliphatic carbocycles. The maximum absolute atomic E-state index is 6.34. The van der Waals surface area contributed by atoms with Gasteiger partial charge in [0.2, 0.25) is 5.89 Å². The van der Waals surface area contributed by atoms with Crippen molar-refractivity contribution in [3.63, 3.8) is 0 Å². The molecule has 1 saturated carbocycles. The Balaban J connectivity index is 0.00000192. The Bertz CT molecular complexity index is 612. The van der Waals surface area contributed by atoms with E-state index in [0.717, 1.165) is 43.6 Å². The van der Waals surface area contributed by atoms with Gasteiger partial charge in [0, 0.05) is 17.1 Å². The van der Waals surface area contributed by atoms with Gasteiger partial charge in [0.25, 0.3) is 0 Å². The molecule has 23 heavy (non-hydrogen) atoms. The van der Waals surface area contributed by atoms with E-state index in [-0.39, 0.29) is 17.9 Å². The van der Waals surface area contributed by atoms with Gasteiger partial charge in [-0.3, -0.25) is 0 Å². The van der Waals surface area contributed by atoms with Crippen LogP contribution in [0.25, 0.3) is 0 Å². The molecular weight excluding hydrogens is 334 g/mol. The fourth-order valence-corrected chi connectivity index (χ4v) is 3.56. The summed E-state index contributed by atoms with van der Waals surface area (Å²) >= 11 is 1.76. The Morgan fingerprint density at radius 2 is 1.96 bits per heavy atom. The predicted molar refractivity (Wildman–Crippen MR) is 93.3 cm³/mol. The van der Waals surface area contributed by atoms with Crippen LogP contribution in [0.3, 0.4) is 0 Å². The number of aromatic nitrogens is 2. The maximum atomic E-state index is 6.34. The third-order valence-corrected chi connectivity index (χ3v) is 5.07. The van der Waals surface area contributed by atoms with Crippen molar-refractivity contribution >= 4 is 24.2 Å². The van der Waals surface area contributed by atoms with E-state index in [4.69, 9.17) is 15.0 Å². The van der Waals surface area contributed by atoms with Crippen LogP contribution in [0.1, 0.15) is 37.4 Å². The van der Waals surface area contributed by atoms with Crippen molar-refractivity contribution in [1.29, 1.82) is 0 Å². The molecule has 0 aliphatic heterocycles. The molecule has 2 N–H and O–H groups in total. The number of aryl methyl sites for hydroxylation is 1. The first kappa shape index (κ1) is 18.1. The van der Waals surface area contributed by atoms with Crippen molar-refractivity contribution in [3.05, 3.63) is 36.0 Å². The van der Waals surface area contributed by atoms with Crippen LogP contribution in [0, 0.1) is 0 Å². The van der Waals surface area contributed by atoms with E-state index in [9.17, 15) is 0 Å². The van der Waals surface area contributed by atoms with Gasteiger partial charge < -0.3 is 15.0 Å². The average Bonchev–Trinajstić information content (AvgIpc) is 3.18. The lowest BCUT2D eigenvalue weighted by Gasteiger charge is -2.17. The molecule has 1 fully saturated rings. The topological polar surface area (TPSA) is 74.2 Å². The van der Waals surface area contributed by atoms with E-state index in [0.29, 0.717) is 11.7 Å². The molecule has 0 unspecified atom stereocenters. The first-order chi connectivity index (χ1) is 10.7. The minimum absolute atomic E-state index is 0. The van der Waals surface area contributed by atoms with Crippen molar-refractivity contribution in [2.75, 3.05) is 12.9 Å². The number of hydrogen-bond donors (Lipinski definition) is 1. The first-order valence-corrected chi connectivity index (χ1v) is 8.57. The fraction of sp³-hybridized carbons (Fsp3) is 0.500. The van der Waals surface area contributed by atoms with Crippen LogP contribution in [-0.4, -0.2) is 23.0 Å². The molecule has 7 heteroatoms. The number of thioether (sulfide) groups is 1. The molecule has 1 aliphatic rings. The van der Waals surface area contributed by atoms with Crippen LogP contribution in [-0.2, 0) is 12.0 Å². The highest BCUT2D eigenvalue weighted by Gasteiger charge is 2.35. The van der Waals surface area contributed by atoms with Crippen molar-refractivity contribution < 1.29 is 9.26 Å². The zero-order valence-corrected chi connectivity index (χ0v) is 14.8. The van der Waals surface area contributed by atoms with E-state index in [1.54, 1.807) is 18.9 Å². The summed E-state index contributed by atoms with van der Waals surface area (Å²) in [5, 5.41) is 4.08. The standard InChI is InChI=1S/C16H21N3O2S.ClH/c1-20-12-4-6-13(7-5-12)22-11-8-14-18-15(19-21-14)16(17)9-2-3-10-16;/h4-7H,2-3,8-11,17H2,1H3;1H. The summed E-state index contributed by atoms with van der Waals surface area (Å²) in [6.07, 6.45) is 4.94. The Morgan fingerprint density at radius 1 is 1.26 bits per heavy atom. The summed E-state index contributed by atoms with van der Waals surface area (Å²) in [5.41, 5.74) is 5.97. The summed E-state index contributed by atoms with van der Waals surface area (Å²) in [6, 6.07) is 8.03. The lowest BCUT2D eigenvalue weighted by Crippen LogP contribution is -2.34. The molecule has 0 radical (unpaired) electrons. The number of halogens is 1. The molecule has 1 aromatic carbocycles. The second-order valence-electron chi connectivity index (χ2n) is 5.65. The molecule has 5 nitrogen and oxygen atoms in total. The molecule has 126 valence electrons. The molecule has 1 aromatic heterocycles. The Labute approximate surface area is 146 Å². The van der Waals surface area contributed by atoms with Crippen LogP contribution >= 0.6 is 24.2 Å². The third-order valence-electron chi connectivity index (χ3n) is 4.05. The lowest BCUT2D eigenvalue weighted by atomic mass is 9.99. The highest BCUT2D eigenvalue weighted by atomic mass is 35.5. The second kappa shape index (κ2) is 8.04. The SMILES string of the molecule is COc1ccc(SCCc2nc(C3(N)CCCC3)no2)cc1.Cl. The molecule has 0 bridgehead atoms. The predicted octanol–water partition coefficient (Wildman–Crippen LogP) is 3.56. The van der Waals surface area contributed by atoms with Gasteiger partial charge in [0.05, 0.1) is 12.6 Å². The molecule has 0 atom stereocenters. The summed E-state index contributed by atoms with van der Waals surface area (Å²) in [6.45, 7) is 0. The summed E-state index contributed by atoms with van der Waals surface area (Å²) < 4.78 is 10.5. The number of hydrogen-bond acceptors (Lipinski definition) is 6. The van der Waals surface area contributed by atoms with Crippen LogP contribution in [0.5, 0.6) is 5.75 Å². The lowest BCUT2D eigenvalue weighted by molar-refractivity contribution is 0.351. The van der Waals surface area contributed by atoms with Crippen LogP contribution in [0.4, 0.5) is 0 Å². The molecule has 1 heterocycles. The van der Waals surface area contributed by atoms with Gasteiger partial charge in [0.15, 0.2) is 5.82 Å². The summed E-state index contributed by atoms with van der Waals surface area (Å²) in [5.74, 6) is 3.11. The quantitative estimate of drug-likeness (QED) is 0.798. The Morgan fingerprint density at radius 3 is 2.61 bits per heavy atom. The molecule has 0 amide bonds. The summed E-state index contributed by atoms with van der Waals surface area (Å²) in [4.78, 5) is 5.69. The zero-order chi connectivity index (χ0) is 15.4. The molecule has 0 spiro atoms. The molecule has 2 aromatic rings. The third kappa shape index (κ3) is 4.40. The van der Waals surface area contributed by atoms with E-state index < -0.39 is 0 Å². The van der Waals surface area contributed by atoms with Crippen LogP contribution in [0.2, 0.25) is 0 Å². The minimum Gasteiger partial charge on any atom is -0.497 e. The molecule has 3 rings (SSSR count). The number of nitrogens with zero attached hydrogens (tertiary/aromatic N) is 2. The highest BCUT2D eigenvalue weighted by molar-refractivity contribution is 7.99. The van der Waals surface area contributed by atoms with E-state index >= 15 is 0 Å². The summed E-state index contributed by atoms with van der Waals surface area (Å²) in [7, 11) is 1.67. The van der Waals surface area contributed by atoms with Crippen molar-refractivity contribution in [3.8, 4) is 5.75 Å². The number of nitrogens with two attached hydrogens (primary N) is 1. The number of benzene rings is 1. The van der Waals surface area contributed by atoms with Gasteiger partial charge in [0.1, 0.15) is 5.75 Å². The zero-order valence-electron chi connectivity index (χ0n) is 13.2. The van der Waals surface area contributed by atoms with E-state index in [1.165, 1.54) is 4.90 Å². The molecular formula is C16H22ClN3O2S. The van der Waals surface area contributed by atoms with Gasteiger partial charge >= 0.3 is 0 Å². The minimum atomic E-state index is -0.370. The van der Waals surface area contributed by atoms with Crippen molar-refractivity contribution in [2.45, 2.75) is 42.5 Å². The highest BCUT2D eigenvalue weighted by Crippen LogP contribution is 2.34. The van der Waals surface area contributed by atoms with Gasteiger partial charge in [-0.1, -0.05) is 18.0 Å². The first-order valence-electron chi connectivity index (χ1n) is 7.58. The monoisotopic (exact) mass is 355 g/mol. The normalized spacial score (nSPS) is 16.1. The number of rotatable bonds is 6. The second-order valence-corrected chi connectivity index (χ2v) is 6.82. The van der Waals surface area contributed by atoms with Crippen molar-refractivity contribution in [2.24, 2.45) is 5.73 Å². The maximum Gasteiger partial charge on any atom is 0.227 e. The van der Waals surface area contributed by atoms with Gasteiger partial charge in [-0.25, -0.2) is 0 Å². The van der Waals surface area contributed by atoms with Gasteiger partial charge in [-0.05, 0) is 37.1 Å². The largest absolute Gasteiger partial charge is 0.497 e. The fourth-order valence-electron chi connectivity index (χ4n) is 2.72. The van der Waals surface area contributed by atoms with Gasteiger partial charge in [-0.15, -0.1) is 24.2 Å². The van der Waals surface area contributed by atoms with Crippen LogP contribution < -0.4 is 10.5 Å².